The zero-order chi connectivity index (χ0) is 17.6. The van der Waals surface area contributed by atoms with Crippen LogP contribution in [0.5, 0.6) is 5.75 Å². The number of fused-ring (bicyclic) bond motifs is 1. The Kier molecular flexibility index (Phi) is 6.35. The SMILES string of the molecule is Nc1ccc(-c2ccc3ccc(OC(CO)COSI)cc3n2)cc1. The van der Waals surface area contributed by atoms with Crippen LogP contribution in [0, 0.1) is 0 Å². The van der Waals surface area contributed by atoms with Crippen molar-refractivity contribution in [3.63, 3.8) is 0 Å². The molecule has 3 aromatic rings. The quantitative estimate of drug-likeness (QED) is 0.307. The van der Waals surface area contributed by atoms with Gasteiger partial charge in [0.15, 0.2) is 0 Å². The molecule has 0 aliphatic rings. The number of rotatable bonds is 7. The number of halogens is 1. The summed E-state index contributed by atoms with van der Waals surface area (Å²) in [5.41, 5.74) is 9.16. The van der Waals surface area contributed by atoms with Crippen molar-refractivity contribution in [1.82, 2.24) is 4.98 Å². The summed E-state index contributed by atoms with van der Waals surface area (Å²) in [6, 6.07) is 17.3. The number of nitrogens with two attached hydrogens (primary N) is 1. The molecule has 1 atom stereocenters. The molecule has 1 heterocycles. The highest BCUT2D eigenvalue weighted by Crippen LogP contribution is 2.25. The fourth-order valence-electron chi connectivity index (χ4n) is 2.40. The lowest BCUT2D eigenvalue weighted by Gasteiger charge is -2.16. The van der Waals surface area contributed by atoms with Crippen molar-refractivity contribution < 1.29 is 14.0 Å². The number of nitrogens with zero attached hydrogens (tertiary/aromatic N) is 1. The molecule has 1 aromatic heterocycles. The van der Waals surface area contributed by atoms with E-state index in [4.69, 9.17) is 19.6 Å². The molecule has 3 rings (SSSR count). The van der Waals surface area contributed by atoms with E-state index in [1.807, 2.05) is 75.8 Å². The first-order chi connectivity index (χ1) is 12.2. The monoisotopic (exact) mass is 468 g/mol. The molecule has 0 radical (unpaired) electrons. The summed E-state index contributed by atoms with van der Waals surface area (Å²) in [4.78, 5) is 4.71. The molecule has 5 nitrogen and oxygen atoms in total. The summed E-state index contributed by atoms with van der Waals surface area (Å²) >= 11 is 2.03. The average Bonchev–Trinajstić information content (AvgIpc) is 2.65. The van der Waals surface area contributed by atoms with Crippen molar-refractivity contribution in [2.75, 3.05) is 18.9 Å². The molecule has 1 unspecified atom stereocenters. The third-order valence-electron chi connectivity index (χ3n) is 3.67. The van der Waals surface area contributed by atoms with Crippen LogP contribution in [0.3, 0.4) is 0 Å². The molecule has 0 spiro atoms. The van der Waals surface area contributed by atoms with Gasteiger partial charge in [-0.15, -0.1) is 0 Å². The lowest BCUT2D eigenvalue weighted by molar-refractivity contribution is 0.0800. The van der Waals surface area contributed by atoms with Crippen LogP contribution in [0.15, 0.2) is 54.6 Å². The van der Waals surface area contributed by atoms with E-state index in [0.717, 1.165) is 27.8 Å². The van der Waals surface area contributed by atoms with E-state index in [1.54, 1.807) is 0 Å². The van der Waals surface area contributed by atoms with Gasteiger partial charge < -0.3 is 19.8 Å². The molecule has 2 aromatic carbocycles. The molecule has 0 saturated carbocycles. The van der Waals surface area contributed by atoms with Gasteiger partial charge in [-0.05, 0) is 30.3 Å². The molecule has 0 saturated heterocycles. The second-order valence-corrected chi connectivity index (χ2v) is 6.88. The second kappa shape index (κ2) is 8.70. The highest BCUT2D eigenvalue weighted by molar-refractivity contribution is 14.2. The first-order valence-corrected chi connectivity index (χ1v) is 10.9. The summed E-state index contributed by atoms with van der Waals surface area (Å²) in [7, 11) is 1.22. The van der Waals surface area contributed by atoms with E-state index in [0.29, 0.717) is 12.4 Å². The molecule has 0 aliphatic carbocycles. The highest BCUT2D eigenvalue weighted by atomic mass is 127. The zero-order valence-corrected chi connectivity index (χ0v) is 16.2. The summed E-state index contributed by atoms with van der Waals surface area (Å²) in [6.07, 6.45) is -0.417. The number of aliphatic hydroxyl groups excluding tert-OH is 1. The van der Waals surface area contributed by atoms with Gasteiger partial charge in [0.25, 0.3) is 0 Å². The highest BCUT2D eigenvalue weighted by Gasteiger charge is 2.11. The fourth-order valence-corrected chi connectivity index (χ4v) is 3.05. The van der Waals surface area contributed by atoms with Crippen molar-refractivity contribution in [1.29, 1.82) is 0 Å². The Hall–Kier alpha value is -1.55. The van der Waals surface area contributed by atoms with Crippen molar-refractivity contribution in [3.05, 3.63) is 54.6 Å². The van der Waals surface area contributed by atoms with Gasteiger partial charge in [0.2, 0.25) is 0 Å². The second-order valence-electron chi connectivity index (χ2n) is 5.44. The van der Waals surface area contributed by atoms with Crippen LogP contribution in [-0.2, 0) is 4.18 Å². The first-order valence-electron chi connectivity index (χ1n) is 7.64. The van der Waals surface area contributed by atoms with Crippen LogP contribution in [0.25, 0.3) is 22.2 Å². The molecule has 0 bridgehead atoms. The van der Waals surface area contributed by atoms with Crippen LogP contribution < -0.4 is 10.5 Å². The number of benzene rings is 2. The maximum atomic E-state index is 9.40. The first kappa shape index (κ1) is 18.2. The number of hydrogen-bond acceptors (Lipinski definition) is 6. The van der Waals surface area contributed by atoms with Crippen molar-refractivity contribution >= 4 is 47.0 Å². The Bertz CT molecular complexity index is 845. The number of aliphatic hydroxyl groups is 1. The maximum Gasteiger partial charge on any atom is 0.146 e. The number of nitrogen functional groups attached to an aromatic ring is 1. The average molecular weight is 468 g/mol. The Labute approximate surface area is 162 Å². The van der Waals surface area contributed by atoms with Crippen LogP contribution >= 0.6 is 30.4 Å². The molecule has 3 N–H and O–H groups in total. The number of anilines is 1. The van der Waals surface area contributed by atoms with Crippen LogP contribution in [0.4, 0.5) is 5.69 Å². The topological polar surface area (TPSA) is 77.6 Å². The van der Waals surface area contributed by atoms with Crippen molar-refractivity contribution in [2.45, 2.75) is 6.10 Å². The number of aromatic nitrogens is 1. The van der Waals surface area contributed by atoms with Gasteiger partial charge in [-0.2, -0.15) is 0 Å². The summed E-state index contributed by atoms with van der Waals surface area (Å²) in [5, 5.41) is 10.4. The largest absolute Gasteiger partial charge is 0.485 e. The van der Waals surface area contributed by atoms with E-state index in [9.17, 15) is 5.11 Å². The lowest BCUT2D eigenvalue weighted by atomic mass is 10.1. The van der Waals surface area contributed by atoms with Gasteiger partial charge in [0.05, 0.1) is 27.0 Å². The normalized spacial score (nSPS) is 12.2. The van der Waals surface area contributed by atoms with Gasteiger partial charge in [0, 0.05) is 43.9 Å². The van der Waals surface area contributed by atoms with Gasteiger partial charge in [-0.1, -0.05) is 18.2 Å². The predicted octanol–water partition coefficient (Wildman–Crippen LogP) is 4.24. The van der Waals surface area contributed by atoms with Crippen molar-refractivity contribution in [3.8, 4) is 17.0 Å². The number of pyridine rings is 1. The van der Waals surface area contributed by atoms with E-state index in [2.05, 4.69) is 0 Å². The Morgan fingerprint density at radius 3 is 2.60 bits per heavy atom. The Morgan fingerprint density at radius 2 is 1.88 bits per heavy atom. The molecular weight excluding hydrogens is 451 g/mol. The molecule has 25 heavy (non-hydrogen) atoms. The molecule has 0 aliphatic heterocycles. The summed E-state index contributed by atoms with van der Waals surface area (Å²) in [6.45, 7) is 0.190. The minimum absolute atomic E-state index is 0.117. The smallest absolute Gasteiger partial charge is 0.146 e. The Balaban J connectivity index is 1.86. The van der Waals surface area contributed by atoms with Gasteiger partial charge >= 0.3 is 0 Å². The maximum absolute atomic E-state index is 9.40. The molecule has 0 fully saturated rings. The van der Waals surface area contributed by atoms with Crippen molar-refractivity contribution in [2.24, 2.45) is 0 Å². The zero-order valence-electron chi connectivity index (χ0n) is 13.3. The van der Waals surface area contributed by atoms with Crippen LogP contribution in [0.2, 0.25) is 0 Å². The minimum atomic E-state index is -0.417. The van der Waals surface area contributed by atoms with Gasteiger partial charge in [-0.3, -0.25) is 0 Å². The van der Waals surface area contributed by atoms with Crippen LogP contribution in [0.1, 0.15) is 0 Å². The third kappa shape index (κ3) is 4.75. The molecule has 130 valence electrons. The predicted molar refractivity (Wildman–Crippen MR) is 111 cm³/mol. The lowest BCUT2D eigenvalue weighted by Crippen LogP contribution is -2.25. The number of hydrogen-bond donors (Lipinski definition) is 2. The van der Waals surface area contributed by atoms with E-state index in [-0.39, 0.29) is 6.61 Å². The summed E-state index contributed by atoms with van der Waals surface area (Å²) in [5.74, 6) is 0.649. The van der Waals surface area contributed by atoms with Gasteiger partial charge in [-0.25, -0.2) is 4.98 Å². The fraction of sp³-hybridized carbons (Fsp3) is 0.167. The van der Waals surface area contributed by atoms with E-state index < -0.39 is 6.10 Å². The molecule has 0 amide bonds. The number of ether oxygens (including phenoxy) is 1. The van der Waals surface area contributed by atoms with Gasteiger partial charge in [0.1, 0.15) is 18.5 Å². The summed E-state index contributed by atoms with van der Waals surface area (Å²) < 4.78 is 11.0. The van der Waals surface area contributed by atoms with Crippen LogP contribution in [-0.4, -0.2) is 29.4 Å². The third-order valence-corrected chi connectivity index (χ3v) is 4.66. The standard InChI is InChI=1S/C18H17IN2O3S/c19-25-23-11-16(10-22)24-15-7-3-13-4-8-17(21-18(13)9-15)12-1-5-14(20)6-2-12/h1-9,16,22H,10-11,20H2. The molecule has 7 heteroatoms. The molecular formula is C18H17IN2O3S. The van der Waals surface area contributed by atoms with E-state index in [1.165, 1.54) is 9.21 Å². The van der Waals surface area contributed by atoms with E-state index >= 15 is 0 Å². The minimum Gasteiger partial charge on any atom is -0.485 e. The Morgan fingerprint density at radius 1 is 1.12 bits per heavy atom.